The maximum atomic E-state index is 12.4. The van der Waals surface area contributed by atoms with Crippen LogP contribution in [0, 0.1) is 6.92 Å². The molecule has 0 bridgehead atoms. The van der Waals surface area contributed by atoms with E-state index in [1.807, 2.05) is 26.0 Å². The zero-order chi connectivity index (χ0) is 19.8. The van der Waals surface area contributed by atoms with E-state index >= 15 is 0 Å². The first-order valence-electron chi connectivity index (χ1n) is 8.87. The minimum Gasteiger partial charge on any atom is -0.493 e. The third-order valence-electron chi connectivity index (χ3n) is 4.32. The van der Waals surface area contributed by atoms with Gasteiger partial charge in [0.25, 0.3) is 0 Å². The van der Waals surface area contributed by atoms with Crippen LogP contribution < -0.4 is 19.5 Å². The van der Waals surface area contributed by atoms with Crippen molar-refractivity contribution in [1.82, 2.24) is 5.32 Å². The molecule has 0 radical (unpaired) electrons. The van der Waals surface area contributed by atoms with Gasteiger partial charge >= 0.3 is 0 Å². The van der Waals surface area contributed by atoms with Crippen LogP contribution in [0.2, 0.25) is 0 Å². The van der Waals surface area contributed by atoms with Crippen molar-refractivity contribution in [2.24, 2.45) is 0 Å². The van der Waals surface area contributed by atoms with Crippen LogP contribution in [0.3, 0.4) is 0 Å². The number of hydrogen-bond donors (Lipinski definition) is 1. The molecule has 0 aliphatic rings. The number of rotatable bonds is 8. The highest BCUT2D eigenvalue weighted by Gasteiger charge is 2.13. The average molecular weight is 369 g/mol. The quantitative estimate of drug-likeness (QED) is 0.705. The molecule has 2 aromatic rings. The number of amides is 1. The second kappa shape index (κ2) is 9.67. The number of ether oxygens (including phenoxy) is 3. The lowest BCUT2D eigenvalue weighted by Crippen LogP contribution is -2.26. The molecule has 0 saturated heterocycles. The molecule has 5 heteroatoms. The number of methoxy groups -OCH3 is 3. The average Bonchev–Trinajstić information content (AvgIpc) is 2.70. The molecule has 1 atom stereocenters. The molecule has 0 aromatic heterocycles. The second-order valence-electron chi connectivity index (χ2n) is 6.17. The molecule has 0 fully saturated rings. The summed E-state index contributed by atoms with van der Waals surface area (Å²) in [6.07, 6.45) is 4.05. The Balaban J connectivity index is 2.14. The maximum absolute atomic E-state index is 12.4. The molecule has 1 N–H and O–H groups in total. The summed E-state index contributed by atoms with van der Waals surface area (Å²) < 4.78 is 16.0. The Morgan fingerprint density at radius 1 is 1.04 bits per heavy atom. The molecule has 0 heterocycles. The van der Waals surface area contributed by atoms with Gasteiger partial charge in [0, 0.05) is 6.08 Å². The molecular weight excluding hydrogens is 342 g/mol. The van der Waals surface area contributed by atoms with Crippen LogP contribution in [-0.2, 0) is 4.79 Å². The fourth-order valence-corrected chi connectivity index (χ4v) is 2.81. The van der Waals surface area contributed by atoms with Gasteiger partial charge in [0.05, 0.1) is 27.4 Å². The summed E-state index contributed by atoms with van der Waals surface area (Å²) in [5, 5.41) is 3.04. The molecule has 2 rings (SSSR count). The molecule has 1 unspecified atom stereocenters. The van der Waals surface area contributed by atoms with E-state index in [9.17, 15) is 4.79 Å². The van der Waals surface area contributed by atoms with Crippen molar-refractivity contribution in [2.75, 3.05) is 21.3 Å². The fraction of sp³-hybridized carbons (Fsp3) is 0.318. The van der Waals surface area contributed by atoms with Crippen LogP contribution in [0.4, 0.5) is 0 Å². The Morgan fingerprint density at radius 2 is 1.63 bits per heavy atom. The van der Waals surface area contributed by atoms with E-state index in [2.05, 4.69) is 17.4 Å². The van der Waals surface area contributed by atoms with Gasteiger partial charge in [-0.3, -0.25) is 4.79 Å². The molecule has 0 aliphatic heterocycles. The lowest BCUT2D eigenvalue weighted by Gasteiger charge is -2.16. The zero-order valence-electron chi connectivity index (χ0n) is 16.5. The summed E-state index contributed by atoms with van der Waals surface area (Å²) in [4.78, 5) is 12.4. The molecule has 1 amide bonds. The summed E-state index contributed by atoms with van der Waals surface area (Å²) in [6.45, 7) is 4.09. The molecule has 0 aliphatic carbocycles. The first kappa shape index (κ1) is 20.4. The highest BCUT2D eigenvalue weighted by molar-refractivity contribution is 5.92. The first-order chi connectivity index (χ1) is 13.0. The third-order valence-corrected chi connectivity index (χ3v) is 4.32. The van der Waals surface area contributed by atoms with Crippen LogP contribution in [0.5, 0.6) is 17.2 Å². The van der Waals surface area contributed by atoms with Crippen molar-refractivity contribution in [1.29, 1.82) is 0 Å². The molecular formula is C22H27NO4. The summed E-state index contributed by atoms with van der Waals surface area (Å²) in [6, 6.07) is 11.8. The predicted molar refractivity (Wildman–Crippen MR) is 107 cm³/mol. The Morgan fingerprint density at radius 3 is 2.11 bits per heavy atom. The van der Waals surface area contributed by atoms with Crippen molar-refractivity contribution < 1.29 is 19.0 Å². The summed E-state index contributed by atoms with van der Waals surface area (Å²) >= 11 is 0. The number of carbonyl (C=O) groups excluding carboxylic acids is 1. The lowest BCUT2D eigenvalue weighted by molar-refractivity contribution is -0.117. The van der Waals surface area contributed by atoms with Gasteiger partial charge < -0.3 is 19.5 Å². The van der Waals surface area contributed by atoms with Crippen LogP contribution in [0.1, 0.15) is 36.1 Å². The summed E-state index contributed by atoms with van der Waals surface area (Å²) in [7, 11) is 4.68. The van der Waals surface area contributed by atoms with E-state index in [1.165, 1.54) is 11.6 Å². The first-order valence-corrected chi connectivity index (χ1v) is 8.87. The van der Waals surface area contributed by atoms with E-state index in [0.29, 0.717) is 17.2 Å². The van der Waals surface area contributed by atoms with Crippen molar-refractivity contribution in [3.8, 4) is 17.2 Å². The SMILES string of the molecule is CCC(NC(=O)/C=C/c1cc(OC)c(OC)c(OC)c1)c1ccc(C)cc1. The van der Waals surface area contributed by atoms with Crippen molar-refractivity contribution in [2.45, 2.75) is 26.3 Å². The summed E-state index contributed by atoms with van der Waals surface area (Å²) in [5.41, 5.74) is 3.07. The smallest absolute Gasteiger partial charge is 0.244 e. The topological polar surface area (TPSA) is 56.8 Å². The standard InChI is InChI=1S/C22H27NO4/c1-6-18(17-10-7-15(2)8-11-17)23-21(24)12-9-16-13-19(25-3)22(27-5)20(14-16)26-4/h7-14,18H,6H2,1-5H3,(H,23,24)/b12-9+. The molecule has 144 valence electrons. The normalized spacial score (nSPS) is 11.9. The third kappa shape index (κ3) is 5.26. The number of hydrogen-bond acceptors (Lipinski definition) is 4. The van der Waals surface area contributed by atoms with Gasteiger partial charge in [0.1, 0.15) is 0 Å². The van der Waals surface area contributed by atoms with Crippen molar-refractivity contribution in [3.63, 3.8) is 0 Å². The Kier molecular flexibility index (Phi) is 7.29. The minimum atomic E-state index is -0.156. The maximum Gasteiger partial charge on any atom is 0.244 e. The molecule has 27 heavy (non-hydrogen) atoms. The van der Waals surface area contributed by atoms with E-state index < -0.39 is 0 Å². The van der Waals surface area contributed by atoms with Gasteiger partial charge in [0.15, 0.2) is 11.5 Å². The minimum absolute atomic E-state index is 0.0253. The van der Waals surface area contributed by atoms with Gasteiger partial charge in [-0.25, -0.2) is 0 Å². The van der Waals surface area contributed by atoms with E-state index in [4.69, 9.17) is 14.2 Å². The van der Waals surface area contributed by atoms with Gasteiger partial charge in [0.2, 0.25) is 11.7 Å². The van der Waals surface area contributed by atoms with Crippen LogP contribution in [-0.4, -0.2) is 27.2 Å². The van der Waals surface area contributed by atoms with Gasteiger partial charge in [-0.15, -0.1) is 0 Å². The highest BCUT2D eigenvalue weighted by Crippen LogP contribution is 2.38. The number of nitrogens with one attached hydrogen (secondary N) is 1. The lowest BCUT2D eigenvalue weighted by atomic mass is 10.0. The highest BCUT2D eigenvalue weighted by atomic mass is 16.5. The molecule has 5 nitrogen and oxygen atoms in total. The fourth-order valence-electron chi connectivity index (χ4n) is 2.81. The van der Waals surface area contributed by atoms with E-state index in [0.717, 1.165) is 17.5 Å². The largest absolute Gasteiger partial charge is 0.493 e. The van der Waals surface area contributed by atoms with Crippen LogP contribution in [0.25, 0.3) is 6.08 Å². The van der Waals surface area contributed by atoms with E-state index in [1.54, 1.807) is 39.5 Å². The number of aryl methyl sites for hydroxylation is 1. The molecule has 2 aromatic carbocycles. The predicted octanol–water partition coefficient (Wildman–Crippen LogP) is 4.30. The van der Waals surface area contributed by atoms with Crippen molar-refractivity contribution in [3.05, 3.63) is 59.2 Å². The monoisotopic (exact) mass is 369 g/mol. The number of benzene rings is 2. The van der Waals surface area contributed by atoms with Crippen LogP contribution in [0.15, 0.2) is 42.5 Å². The molecule has 0 saturated carbocycles. The van der Waals surface area contributed by atoms with E-state index in [-0.39, 0.29) is 11.9 Å². The summed E-state index contributed by atoms with van der Waals surface area (Å²) in [5.74, 6) is 1.45. The Bertz CT molecular complexity index is 771. The van der Waals surface area contributed by atoms with Gasteiger partial charge in [-0.1, -0.05) is 36.8 Å². The Labute approximate surface area is 161 Å². The van der Waals surface area contributed by atoms with Gasteiger partial charge in [-0.05, 0) is 42.7 Å². The van der Waals surface area contributed by atoms with Crippen LogP contribution >= 0.6 is 0 Å². The van der Waals surface area contributed by atoms with Crippen molar-refractivity contribution >= 4 is 12.0 Å². The Hall–Kier alpha value is -2.95. The second-order valence-corrected chi connectivity index (χ2v) is 6.17. The number of carbonyl (C=O) groups is 1. The zero-order valence-corrected chi connectivity index (χ0v) is 16.5. The molecule has 0 spiro atoms. The van der Waals surface area contributed by atoms with Gasteiger partial charge in [-0.2, -0.15) is 0 Å².